The van der Waals surface area contributed by atoms with E-state index in [1.54, 1.807) is 22.7 Å². The van der Waals surface area contributed by atoms with E-state index in [4.69, 9.17) is 28.3 Å². The number of amides is 1. The highest BCUT2D eigenvalue weighted by Gasteiger charge is 2.29. The van der Waals surface area contributed by atoms with Gasteiger partial charge in [0.1, 0.15) is 0 Å². The summed E-state index contributed by atoms with van der Waals surface area (Å²) in [6.45, 7) is 9.02. The molecule has 0 atom stereocenters. The van der Waals surface area contributed by atoms with Gasteiger partial charge in [0, 0.05) is 34.0 Å². The van der Waals surface area contributed by atoms with Crippen LogP contribution < -0.4 is 0 Å². The molecule has 3 rings (SSSR count). The summed E-state index contributed by atoms with van der Waals surface area (Å²) in [5.74, 6) is -1.08. The van der Waals surface area contributed by atoms with Crippen molar-refractivity contribution >= 4 is 52.4 Å². The van der Waals surface area contributed by atoms with E-state index in [-0.39, 0.29) is 11.5 Å². The number of likely N-dealkylation sites (tertiary alicyclic amines) is 1. The zero-order chi connectivity index (χ0) is 22.7. The second-order valence-electron chi connectivity index (χ2n) is 7.92. The number of aliphatic carboxylic acids is 1. The number of rotatable bonds is 6. The van der Waals surface area contributed by atoms with Crippen molar-refractivity contribution in [3.63, 3.8) is 0 Å². The number of carbonyl (C=O) groups is 2. The summed E-state index contributed by atoms with van der Waals surface area (Å²) in [4.78, 5) is 27.6. The molecule has 4 nitrogen and oxygen atoms in total. The van der Waals surface area contributed by atoms with E-state index in [0.717, 1.165) is 9.79 Å². The lowest BCUT2D eigenvalue weighted by Crippen LogP contribution is -2.40. The van der Waals surface area contributed by atoms with Crippen molar-refractivity contribution in [1.29, 1.82) is 0 Å². The number of carbonyl (C=O) groups excluding carboxylic acids is 1. The fourth-order valence-electron chi connectivity index (χ4n) is 3.65. The van der Waals surface area contributed by atoms with Crippen molar-refractivity contribution in [3.8, 4) is 0 Å². The molecule has 164 valence electrons. The fourth-order valence-corrected chi connectivity index (χ4v) is 5.40. The van der Waals surface area contributed by atoms with Gasteiger partial charge >= 0.3 is 5.97 Å². The average molecular weight is 478 g/mol. The van der Waals surface area contributed by atoms with Crippen molar-refractivity contribution in [1.82, 2.24) is 4.90 Å². The van der Waals surface area contributed by atoms with Crippen LogP contribution in [0.1, 0.15) is 43.7 Å². The van der Waals surface area contributed by atoms with E-state index in [0.29, 0.717) is 47.5 Å². The number of piperidine rings is 1. The Morgan fingerprint density at radius 3 is 2.32 bits per heavy atom. The Hall–Kier alpha value is -1.95. The topological polar surface area (TPSA) is 57.6 Å². The van der Waals surface area contributed by atoms with Crippen LogP contribution in [0, 0.1) is 5.92 Å². The molecule has 0 spiro atoms. The first kappa shape index (κ1) is 23.7. The first-order valence-electron chi connectivity index (χ1n) is 10.2. The number of nitrogens with zero attached hydrogens (tertiary/aromatic N) is 1. The lowest BCUT2D eigenvalue weighted by molar-refractivity contribution is -0.144. The quantitative estimate of drug-likeness (QED) is 0.475. The molecule has 0 radical (unpaired) electrons. The first-order chi connectivity index (χ1) is 14.7. The fraction of sp³-hybridized carbons (Fsp3) is 0.333. The van der Waals surface area contributed by atoms with Gasteiger partial charge in [0.25, 0.3) is 5.91 Å². The van der Waals surface area contributed by atoms with Gasteiger partial charge in [0.05, 0.1) is 16.0 Å². The van der Waals surface area contributed by atoms with Gasteiger partial charge in [-0.2, -0.15) is 0 Å². The molecule has 1 amide bonds. The predicted molar refractivity (Wildman–Crippen MR) is 127 cm³/mol. The molecule has 2 aromatic rings. The van der Waals surface area contributed by atoms with Gasteiger partial charge in [-0.1, -0.05) is 79.7 Å². The monoisotopic (exact) mass is 477 g/mol. The van der Waals surface area contributed by atoms with Crippen molar-refractivity contribution < 1.29 is 14.7 Å². The normalized spacial score (nSPS) is 14.7. The van der Waals surface area contributed by atoms with Crippen LogP contribution in [0.4, 0.5) is 0 Å². The minimum atomic E-state index is -0.812. The third-order valence-electron chi connectivity index (χ3n) is 5.52. The lowest BCUT2D eigenvalue weighted by atomic mass is 9.96. The second kappa shape index (κ2) is 10.1. The number of hydrogen-bond donors (Lipinski definition) is 1. The van der Waals surface area contributed by atoms with Crippen LogP contribution in [0.5, 0.6) is 0 Å². The van der Waals surface area contributed by atoms with Crippen molar-refractivity contribution in [3.05, 3.63) is 64.1 Å². The number of carboxylic acids is 1. The van der Waals surface area contributed by atoms with Crippen LogP contribution in [0.15, 0.2) is 52.8 Å². The zero-order valence-electron chi connectivity index (χ0n) is 17.5. The Morgan fingerprint density at radius 1 is 1.06 bits per heavy atom. The maximum atomic E-state index is 12.9. The molecule has 1 N–H and O–H groups in total. The first-order valence-corrected chi connectivity index (χ1v) is 11.7. The van der Waals surface area contributed by atoms with Crippen LogP contribution in [0.25, 0.3) is 5.57 Å². The third kappa shape index (κ3) is 5.28. The molecule has 1 heterocycles. The molecule has 1 saturated heterocycles. The van der Waals surface area contributed by atoms with Crippen molar-refractivity contribution in [2.75, 3.05) is 13.1 Å². The van der Waals surface area contributed by atoms with Crippen LogP contribution >= 0.6 is 35.0 Å². The van der Waals surface area contributed by atoms with Crippen LogP contribution in [-0.4, -0.2) is 35.0 Å². The Labute approximate surface area is 197 Å². The molecular formula is C24H25Cl2NO3S. The predicted octanol–water partition coefficient (Wildman–Crippen LogP) is 6.60. The number of hydrogen-bond acceptors (Lipinski definition) is 3. The minimum Gasteiger partial charge on any atom is -0.481 e. The largest absolute Gasteiger partial charge is 0.481 e. The van der Waals surface area contributed by atoms with Gasteiger partial charge < -0.3 is 10.0 Å². The van der Waals surface area contributed by atoms with E-state index in [9.17, 15) is 9.59 Å². The van der Waals surface area contributed by atoms with Crippen molar-refractivity contribution in [2.45, 2.75) is 42.4 Å². The third-order valence-corrected chi connectivity index (χ3v) is 7.67. The van der Waals surface area contributed by atoms with Gasteiger partial charge in [-0.05, 0) is 36.5 Å². The van der Waals surface area contributed by atoms with E-state index in [1.165, 1.54) is 5.56 Å². The lowest BCUT2D eigenvalue weighted by Gasteiger charge is -2.30. The molecule has 7 heteroatoms. The average Bonchev–Trinajstić information content (AvgIpc) is 2.76. The number of carboxylic acid groups (broad SMARTS) is 1. The van der Waals surface area contributed by atoms with Crippen LogP contribution in [0.3, 0.4) is 0 Å². The van der Waals surface area contributed by atoms with Gasteiger partial charge in [-0.15, -0.1) is 0 Å². The maximum Gasteiger partial charge on any atom is 0.306 e. The highest BCUT2D eigenvalue weighted by Crippen LogP contribution is 2.42. The molecule has 0 bridgehead atoms. The van der Waals surface area contributed by atoms with Crippen LogP contribution in [0.2, 0.25) is 10.0 Å². The van der Waals surface area contributed by atoms with E-state index >= 15 is 0 Å². The molecule has 1 aliphatic rings. The summed E-state index contributed by atoms with van der Waals surface area (Å²) in [6.07, 6.45) is 0.876. The summed E-state index contributed by atoms with van der Waals surface area (Å²) in [5.41, 5.74) is 1.99. The van der Waals surface area contributed by atoms with Gasteiger partial charge in [0.2, 0.25) is 0 Å². The Morgan fingerprint density at radius 2 is 1.71 bits per heavy atom. The highest BCUT2D eigenvalue weighted by molar-refractivity contribution is 7.99. The maximum absolute atomic E-state index is 12.9. The summed E-state index contributed by atoms with van der Waals surface area (Å²) in [6, 6.07) is 11.8. The smallest absolute Gasteiger partial charge is 0.306 e. The summed E-state index contributed by atoms with van der Waals surface area (Å²) in [5, 5.41) is 9.83. The molecule has 0 unspecified atom stereocenters. The summed E-state index contributed by atoms with van der Waals surface area (Å²) in [7, 11) is 0. The highest BCUT2D eigenvalue weighted by atomic mass is 35.5. The molecule has 2 aromatic carbocycles. The zero-order valence-corrected chi connectivity index (χ0v) is 19.9. The summed E-state index contributed by atoms with van der Waals surface area (Å²) >= 11 is 14.7. The van der Waals surface area contributed by atoms with E-state index in [1.807, 2.05) is 18.2 Å². The molecular weight excluding hydrogens is 453 g/mol. The molecule has 31 heavy (non-hydrogen) atoms. The molecule has 0 saturated carbocycles. The standard InChI is InChI=1S/C24H25Cl2NO3S/c1-14(2)17-6-4-5-7-19(17)31-20-9-8-18(21(25)22(20)26)15(3)23(28)27-12-10-16(11-13-27)24(29)30/h4-9,14,16H,3,10-13H2,1-2H3,(H,29,30). The summed E-state index contributed by atoms with van der Waals surface area (Å²) < 4.78 is 0. The number of benzene rings is 2. The van der Waals surface area contributed by atoms with Crippen LogP contribution in [-0.2, 0) is 9.59 Å². The molecule has 1 fully saturated rings. The Kier molecular flexibility index (Phi) is 7.73. The Balaban J connectivity index is 1.78. The molecule has 0 aliphatic carbocycles. The van der Waals surface area contributed by atoms with Crippen molar-refractivity contribution in [2.24, 2.45) is 5.92 Å². The Bertz CT molecular complexity index is 1010. The number of halogens is 2. The van der Waals surface area contributed by atoms with Gasteiger partial charge in [-0.25, -0.2) is 0 Å². The van der Waals surface area contributed by atoms with E-state index < -0.39 is 11.9 Å². The van der Waals surface area contributed by atoms with Gasteiger partial charge in [-0.3, -0.25) is 9.59 Å². The molecule has 0 aromatic heterocycles. The SMILES string of the molecule is C=C(C(=O)N1CCC(C(=O)O)CC1)c1ccc(Sc2ccccc2C(C)C)c(Cl)c1Cl. The molecule has 1 aliphatic heterocycles. The van der Waals surface area contributed by atoms with Gasteiger partial charge in [0.15, 0.2) is 0 Å². The van der Waals surface area contributed by atoms with E-state index in [2.05, 4.69) is 32.6 Å². The minimum absolute atomic E-state index is 0.243. The second-order valence-corrected chi connectivity index (χ2v) is 9.76.